The number of hydrogen-bond donors (Lipinski definition) is 0. The molecule has 0 aliphatic carbocycles. The highest BCUT2D eigenvalue weighted by molar-refractivity contribution is 9.10. The van der Waals surface area contributed by atoms with E-state index in [1.807, 2.05) is 30.1 Å². The Kier molecular flexibility index (Phi) is 4.66. The molecule has 106 valence electrons. The van der Waals surface area contributed by atoms with Crippen LogP contribution >= 0.6 is 15.9 Å². The average Bonchev–Trinajstić information content (AvgIpc) is 2.87. The lowest BCUT2D eigenvalue weighted by Crippen LogP contribution is -2.30. The summed E-state index contributed by atoms with van der Waals surface area (Å²) in [7, 11) is 2.00. The molecule has 2 rings (SSSR count). The quantitative estimate of drug-likeness (QED) is 0.853. The van der Waals surface area contributed by atoms with Crippen molar-refractivity contribution in [3.8, 4) is 6.07 Å². The molecular formula is C15H18BrN3O. The fourth-order valence-corrected chi connectivity index (χ4v) is 3.05. The van der Waals surface area contributed by atoms with E-state index in [0.29, 0.717) is 11.5 Å². The third-order valence-corrected chi connectivity index (χ3v) is 4.25. The molecule has 1 aromatic carbocycles. The van der Waals surface area contributed by atoms with Crippen molar-refractivity contribution in [3.63, 3.8) is 0 Å². The van der Waals surface area contributed by atoms with Crippen LogP contribution in [-0.2, 0) is 4.79 Å². The van der Waals surface area contributed by atoms with Gasteiger partial charge in [0.05, 0.1) is 11.3 Å². The van der Waals surface area contributed by atoms with Gasteiger partial charge in [-0.05, 0) is 30.5 Å². The molecule has 0 radical (unpaired) electrons. The van der Waals surface area contributed by atoms with E-state index in [0.717, 1.165) is 36.2 Å². The SMILES string of the molecule is CC(=O)N1CC[C@@H](CN(C)c2ccc(Br)cc2C#N)C1. The summed E-state index contributed by atoms with van der Waals surface area (Å²) < 4.78 is 0.912. The predicted octanol–water partition coefficient (Wildman–Crippen LogP) is 2.63. The van der Waals surface area contributed by atoms with Gasteiger partial charge in [-0.25, -0.2) is 0 Å². The zero-order valence-corrected chi connectivity index (χ0v) is 13.4. The Morgan fingerprint density at radius 1 is 1.60 bits per heavy atom. The predicted molar refractivity (Wildman–Crippen MR) is 82.5 cm³/mol. The number of amides is 1. The van der Waals surface area contributed by atoms with Crippen LogP contribution in [0.3, 0.4) is 0 Å². The van der Waals surface area contributed by atoms with Gasteiger partial charge in [-0.1, -0.05) is 15.9 Å². The third-order valence-electron chi connectivity index (χ3n) is 3.75. The molecule has 0 bridgehead atoms. The van der Waals surface area contributed by atoms with Gasteiger partial charge in [0.2, 0.25) is 5.91 Å². The first-order valence-corrected chi connectivity index (χ1v) is 7.47. The lowest BCUT2D eigenvalue weighted by Gasteiger charge is -2.24. The van der Waals surface area contributed by atoms with Crippen molar-refractivity contribution in [1.29, 1.82) is 5.26 Å². The van der Waals surface area contributed by atoms with Gasteiger partial charge >= 0.3 is 0 Å². The molecule has 1 atom stereocenters. The van der Waals surface area contributed by atoms with Crippen LogP contribution in [0.15, 0.2) is 22.7 Å². The number of hydrogen-bond acceptors (Lipinski definition) is 3. The van der Waals surface area contributed by atoms with Crippen molar-refractivity contribution in [1.82, 2.24) is 4.90 Å². The van der Waals surface area contributed by atoms with E-state index in [4.69, 9.17) is 0 Å². The minimum absolute atomic E-state index is 0.150. The highest BCUT2D eigenvalue weighted by Gasteiger charge is 2.25. The van der Waals surface area contributed by atoms with Gasteiger partial charge in [-0.15, -0.1) is 0 Å². The van der Waals surface area contributed by atoms with Crippen LogP contribution < -0.4 is 4.90 Å². The summed E-state index contributed by atoms with van der Waals surface area (Å²) in [5, 5.41) is 9.22. The smallest absolute Gasteiger partial charge is 0.219 e. The van der Waals surface area contributed by atoms with Gasteiger partial charge in [0, 0.05) is 38.1 Å². The fourth-order valence-electron chi connectivity index (χ4n) is 2.68. The molecule has 1 amide bonds. The maximum atomic E-state index is 11.3. The van der Waals surface area contributed by atoms with Gasteiger partial charge < -0.3 is 9.80 Å². The largest absolute Gasteiger partial charge is 0.373 e. The van der Waals surface area contributed by atoms with E-state index < -0.39 is 0 Å². The molecule has 5 heteroatoms. The van der Waals surface area contributed by atoms with Crippen LogP contribution in [-0.4, -0.2) is 37.5 Å². The van der Waals surface area contributed by atoms with E-state index in [-0.39, 0.29) is 5.91 Å². The maximum Gasteiger partial charge on any atom is 0.219 e. The second-order valence-electron chi connectivity index (χ2n) is 5.27. The van der Waals surface area contributed by atoms with Crippen LogP contribution in [0.4, 0.5) is 5.69 Å². The second kappa shape index (κ2) is 6.27. The molecule has 0 spiro atoms. The Morgan fingerprint density at radius 3 is 2.95 bits per heavy atom. The fraction of sp³-hybridized carbons (Fsp3) is 0.467. The van der Waals surface area contributed by atoms with Crippen LogP contribution in [0, 0.1) is 17.2 Å². The first-order valence-electron chi connectivity index (χ1n) is 6.67. The number of carbonyl (C=O) groups is 1. The first-order chi connectivity index (χ1) is 9.51. The number of nitrogens with zero attached hydrogens (tertiary/aromatic N) is 3. The number of nitriles is 1. The van der Waals surface area contributed by atoms with Gasteiger partial charge in [0.1, 0.15) is 6.07 Å². The molecule has 0 N–H and O–H groups in total. The van der Waals surface area contributed by atoms with E-state index in [9.17, 15) is 10.1 Å². The molecule has 1 saturated heterocycles. The molecule has 0 saturated carbocycles. The Balaban J connectivity index is 2.04. The summed E-state index contributed by atoms with van der Waals surface area (Å²) in [6.07, 6.45) is 1.03. The summed E-state index contributed by atoms with van der Waals surface area (Å²) in [5.41, 5.74) is 1.61. The number of likely N-dealkylation sites (tertiary alicyclic amines) is 1. The van der Waals surface area contributed by atoms with Gasteiger partial charge in [-0.2, -0.15) is 5.26 Å². The van der Waals surface area contributed by atoms with E-state index in [2.05, 4.69) is 26.9 Å². The second-order valence-corrected chi connectivity index (χ2v) is 6.19. The zero-order chi connectivity index (χ0) is 14.7. The van der Waals surface area contributed by atoms with Gasteiger partial charge in [0.15, 0.2) is 0 Å². The number of benzene rings is 1. The van der Waals surface area contributed by atoms with E-state index >= 15 is 0 Å². The number of rotatable bonds is 3. The Morgan fingerprint density at radius 2 is 2.35 bits per heavy atom. The molecule has 1 aliphatic rings. The van der Waals surface area contributed by atoms with E-state index in [1.165, 1.54) is 0 Å². The minimum atomic E-state index is 0.150. The van der Waals surface area contributed by atoms with Gasteiger partial charge in [-0.3, -0.25) is 4.79 Å². The third kappa shape index (κ3) is 3.31. The van der Waals surface area contributed by atoms with Crippen molar-refractivity contribution in [3.05, 3.63) is 28.2 Å². The number of halogens is 1. The van der Waals surface area contributed by atoms with Crippen molar-refractivity contribution >= 4 is 27.5 Å². The Hall–Kier alpha value is -1.54. The van der Waals surface area contributed by atoms with Crippen LogP contribution in [0.25, 0.3) is 0 Å². The van der Waals surface area contributed by atoms with E-state index in [1.54, 1.807) is 6.92 Å². The lowest BCUT2D eigenvalue weighted by molar-refractivity contribution is -0.127. The van der Waals surface area contributed by atoms with Crippen molar-refractivity contribution in [2.45, 2.75) is 13.3 Å². The summed E-state index contributed by atoms with van der Waals surface area (Å²) in [5.74, 6) is 0.621. The highest BCUT2D eigenvalue weighted by Crippen LogP contribution is 2.25. The minimum Gasteiger partial charge on any atom is -0.373 e. The van der Waals surface area contributed by atoms with Crippen molar-refractivity contribution in [2.75, 3.05) is 31.6 Å². The normalized spacial score (nSPS) is 17.9. The molecule has 0 aromatic heterocycles. The molecule has 1 aromatic rings. The van der Waals surface area contributed by atoms with Crippen LogP contribution in [0.5, 0.6) is 0 Å². The standard InChI is InChI=1S/C15H18BrN3O/c1-11(20)19-6-5-12(10-19)9-18(2)15-4-3-14(16)7-13(15)8-17/h3-4,7,12H,5-6,9-10H2,1-2H3/t12-/m0/s1. The summed E-state index contributed by atoms with van der Waals surface area (Å²) in [4.78, 5) is 15.4. The summed E-state index contributed by atoms with van der Waals surface area (Å²) >= 11 is 3.38. The molecule has 1 aliphatic heterocycles. The molecule has 20 heavy (non-hydrogen) atoms. The highest BCUT2D eigenvalue weighted by atomic mass is 79.9. The monoisotopic (exact) mass is 335 g/mol. The topological polar surface area (TPSA) is 47.3 Å². The van der Waals surface area contributed by atoms with Crippen LogP contribution in [0.1, 0.15) is 18.9 Å². The Bertz CT molecular complexity index is 553. The molecule has 1 heterocycles. The summed E-state index contributed by atoms with van der Waals surface area (Å²) in [6, 6.07) is 7.97. The summed E-state index contributed by atoms with van der Waals surface area (Å²) in [6.45, 7) is 4.14. The zero-order valence-electron chi connectivity index (χ0n) is 11.8. The van der Waals surface area contributed by atoms with Crippen LogP contribution in [0.2, 0.25) is 0 Å². The average molecular weight is 336 g/mol. The van der Waals surface area contributed by atoms with Crippen molar-refractivity contribution < 1.29 is 4.79 Å². The molecular weight excluding hydrogens is 318 g/mol. The maximum absolute atomic E-state index is 11.3. The first kappa shape index (κ1) is 14.9. The number of carbonyl (C=O) groups excluding carboxylic acids is 1. The van der Waals surface area contributed by atoms with Crippen molar-refractivity contribution in [2.24, 2.45) is 5.92 Å². The molecule has 0 unspecified atom stereocenters. The Labute approximate surface area is 128 Å². The molecule has 1 fully saturated rings. The van der Waals surface area contributed by atoms with Gasteiger partial charge in [0.25, 0.3) is 0 Å². The molecule has 4 nitrogen and oxygen atoms in total. The number of anilines is 1. The lowest BCUT2D eigenvalue weighted by atomic mass is 10.1.